The largest absolute Gasteiger partial charge is 0.313 e. The molecule has 0 saturated heterocycles. The lowest BCUT2D eigenvalue weighted by Crippen LogP contribution is -2.15. The summed E-state index contributed by atoms with van der Waals surface area (Å²) < 4.78 is 1.10. The predicted molar refractivity (Wildman–Crippen MR) is 65.8 cm³/mol. The first-order valence-corrected chi connectivity index (χ1v) is 5.92. The maximum Gasteiger partial charge on any atom is 0.129 e. The molecule has 0 aliphatic heterocycles. The summed E-state index contributed by atoms with van der Waals surface area (Å²) in [5, 5.41) is 3.31. The molecule has 82 valence electrons. The van der Waals surface area contributed by atoms with Gasteiger partial charge < -0.3 is 10.1 Å². The van der Waals surface area contributed by atoms with E-state index in [2.05, 4.69) is 33.4 Å². The standard InChI is InChI=1S/C12H16BrNO/c1-10(15)4-3-7-14-9-11-5-2-6-12(13)8-11/h2,5-6,8,14H,3-4,7,9H2,1H3. The molecule has 0 bridgehead atoms. The first-order chi connectivity index (χ1) is 7.18. The molecule has 2 nitrogen and oxygen atoms in total. The van der Waals surface area contributed by atoms with E-state index in [4.69, 9.17) is 0 Å². The number of halogens is 1. The maximum atomic E-state index is 10.7. The predicted octanol–water partition coefficient (Wildman–Crippen LogP) is 2.91. The number of rotatable bonds is 6. The summed E-state index contributed by atoms with van der Waals surface area (Å²) >= 11 is 3.43. The molecule has 0 unspecified atom stereocenters. The van der Waals surface area contributed by atoms with Crippen molar-refractivity contribution >= 4 is 21.7 Å². The van der Waals surface area contributed by atoms with Gasteiger partial charge in [0.1, 0.15) is 5.78 Å². The van der Waals surface area contributed by atoms with Crippen LogP contribution >= 0.6 is 15.9 Å². The molecule has 0 aromatic heterocycles. The molecule has 1 aromatic rings. The van der Waals surface area contributed by atoms with Crippen LogP contribution in [0.5, 0.6) is 0 Å². The fraction of sp³-hybridized carbons (Fsp3) is 0.417. The summed E-state index contributed by atoms with van der Waals surface area (Å²) in [6, 6.07) is 8.22. The molecule has 15 heavy (non-hydrogen) atoms. The summed E-state index contributed by atoms with van der Waals surface area (Å²) in [5.74, 6) is 0.263. The smallest absolute Gasteiger partial charge is 0.129 e. The van der Waals surface area contributed by atoms with Crippen molar-refractivity contribution in [1.82, 2.24) is 5.32 Å². The van der Waals surface area contributed by atoms with Crippen molar-refractivity contribution < 1.29 is 4.79 Å². The summed E-state index contributed by atoms with van der Waals surface area (Å²) in [7, 11) is 0. The van der Waals surface area contributed by atoms with Gasteiger partial charge in [-0.1, -0.05) is 28.1 Å². The van der Waals surface area contributed by atoms with Crippen molar-refractivity contribution in [3.8, 4) is 0 Å². The molecule has 0 aliphatic rings. The Labute approximate surface area is 99.2 Å². The van der Waals surface area contributed by atoms with Crippen molar-refractivity contribution in [1.29, 1.82) is 0 Å². The van der Waals surface area contributed by atoms with Gasteiger partial charge in [0, 0.05) is 17.4 Å². The van der Waals surface area contributed by atoms with Gasteiger partial charge in [0.2, 0.25) is 0 Å². The lowest BCUT2D eigenvalue weighted by Gasteiger charge is -2.04. The van der Waals surface area contributed by atoms with E-state index in [1.165, 1.54) is 5.56 Å². The fourth-order valence-corrected chi connectivity index (χ4v) is 1.79. The van der Waals surface area contributed by atoms with Gasteiger partial charge in [0.25, 0.3) is 0 Å². The summed E-state index contributed by atoms with van der Waals surface area (Å²) in [6.07, 6.45) is 1.59. The molecule has 1 N–H and O–H groups in total. The van der Waals surface area contributed by atoms with E-state index in [9.17, 15) is 4.79 Å². The van der Waals surface area contributed by atoms with Crippen LogP contribution in [0.25, 0.3) is 0 Å². The van der Waals surface area contributed by atoms with Gasteiger partial charge in [-0.05, 0) is 37.6 Å². The number of carbonyl (C=O) groups excluding carboxylic acids is 1. The van der Waals surface area contributed by atoms with Crippen molar-refractivity contribution in [3.05, 3.63) is 34.3 Å². The number of hydrogen-bond acceptors (Lipinski definition) is 2. The minimum atomic E-state index is 0.263. The number of hydrogen-bond donors (Lipinski definition) is 1. The van der Waals surface area contributed by atoms with Crippen LogP contribution in [-0.4, -0.2) is 12.3 Å². The third-order valence-electron chi connectivity index (χ3n) is 2.10. The van der Waals surface area contributed by atoms with E-state index in [1.807, 2.05) is 12.1 Å². The van der Waals surface area contributed by atoms with Crippen LogP contribution in [0.15, 0.2) is 28.7 Å². The lowest BCUT2D eigenvalue weighted by molar-refractivity contribution is -0.117. The fourth-order valence-electron chi connectivity index (χ4n) is 1.34. The molecule has 0 fully saturated rings. The lowest BCUT2D eigenvalue weighted by atomic mass is 10.2. The van der Waals surface area contributed by atoms with Crippen LogP contribution in [0.1, 0.15) is 25.3 Å². The van der Waals surface area contributed by atoms with Crippen molar-refractivity contribution in [3.63, 3.8) is 0 Å². The van der Waals surface area contributed by atoms with Crippen LogP contribution < -0.4 is 5.32 Å². The Balaban J connectivity index is 2.17. The minimum absolute atomic E-state index is 0.263. The maximum absolute atomic E-state index is 10.7. The van der Waals surface area contributed by atoms with E-state index in [0.717, 1.165) is 24.0 Å². The van der Waals surface area contributed by atoms with Crippen LogP contribution in [0.3, 0.4) is 0 Å². The monoisotopic (exact) mass is 269 g/mol. The molecule has 0 spiro atoms. The van der Waals surface area contributed by atoms with Crippen LogP contribution in [0.4, 0.5) is 0 Å². The average Bonchev–Trinajstić information content (AvgIpc) is 2.17. The van der Waals surface area contributed by atoms with Gasteiger partial charge in [-0.2, -0.15) is 0 Å². The molecule has 1 rings (SSSR count). The van der Waals surface area contributed by atoms with Crippen LogP contribution in [0, 0.1) is 0 Å². The van der Waals surface area contributed by atoms with E-state index in [1.54, 1.807) is 6.92 Å². The van der Waals surface area contributed by atoms with Crippen molar-refractivity contribution in [2.75, 3.05) is 6.54 Å². The van der Waals surface area contributed by atoms with E-state index in [-0.39, 0.29) is 5.78 Å². The van der Waals surface area contributed by atoms with E-state index >= 15 is 0 Å². The Kier molecular flexibility index (Phi) is 5.58. The van der Waals surface area contributed by atoms with Gasteiger partial charge in [0.05, 0.1) is 0 Å². The Bertz CT molecular complexity index is 325. The second-order valence-electron chi connectivity index (χ2n) is 3.61. The van der Waals surface area contributed by atoms with Gasteiger partial charge in [-0.25, -0.2) is 0 Å². The topological polar surface area (TPSA) is 29.1 Å². The molecule has 0 radical (unpaired) electrons. The number of benzene rings is 1. The first-order valence-electron chi connectivity index (χ1n) is 5.13. The van der Waals surface area contributed by atoms with Crippen molar-refractivity contribution in [2.45, 2.75) is 26.3 Å². The van der Waals surface area contributed by atoms with Crippen LogP contribution in [0.2, 0.25) is 0 Å². The Morgan fingerprint density at radius 2 is 2.27 bits per heavy atom. The Morgan fingerprint density at radius 3 is 2.93 bits per heavy atom. The second kappa shape index (κ2) is 6.75. The number of nitrogens with one attached hydrogen (secondary N) is 1. The third-order valence-corrected chi connectivity index (χ3v) is 2.59. The average molecular weight is 270 g/mol. The highest BCUT2D eigenvalue weighted by Crippen LogP contribution is 2.11. The van der Waals surface area contributed by atoms with Gasteiger partial charge >= 0.3 is 0 Å². The van der Waals surface area contributed by atoms with E-state index in [0.29, 0.717) is 6.42 Å². The molecule has 0 saturated carbocycles. The molecular weight excluding hydrogens is 254 g/mol. The number of carbonyl (C=O) groups is 1. The quantitative estimate of drug-likeness (QED) is 0.805. The second-order valence-corrected chi connectivity index (χ2v) is 4.53. The normalized spacial score (nSPS) is 10.3. The molecule has 0 atom stereocenters. The highest BCUT2D eigenvalue weighted by Gasteiger charge is 1.95. The van der Waals surface area contributed by atoms with Crippen molar-refractivity contribution in [2.24, 2.45) is 0 Å². The minimum Gasteiger partial charge on any atom is -0.313 e. The molecule has 0 heterocycles. The first kappa shape index (κ1) is 12.4. The Hall–Kier alpha value is -0.670. The Morgan fingerprint density at radius 1 is 1.47 bits per heavy atom. The molecule has 0 amide bonds. The van der Waals surface area contributed by atoms with Crippen LogP contribution in [-0.2, 0) is 11.3 Å². The zero-order valence-corrected chi connectivity index (χ0v) is 10.5. The molecule has 3 heteroatoms. The molecule has 0 aliphatic carbocycles. The van der Waals surface area contributed by atoms with Gasteiger partial charge in [-0.15, -0.1) is 0 Å². The summed E-state index contributed by atoms with van der Waals surface area (Å²) in [4.78, 5) is 10.7. The molecule has 1 aromatic carbocycles. The number of Topliss-reactive ketones (excluding diaryl/α,β-unsaturated/α-hetero) is 1. The SMILES string of the molecule is CC(=O)CCCNCc1cccc(Br)c1. The highest BCUT2D eigenvalue weighted by atomic mass is 79.9. The van der Waals surface area contributed by atoms with E-state index < -0.39 is 0 Å². The third kappa shape index (κ3) is 5.70. The zero-order chi connectivity index (χ0) is 11.1. The summed E-state index contributed by atoms with van der Waals surface area (Å²) in [5.41, 5.74) is 1.26. The zero-order valence-electron chi connectivity index (χ0n) is 8.92. The highest BCUT2D eigenvalue weighted by molar-refractivity contribution is 9.10. The van der Waals surface area contributed by atoms with Gasteiger partial charge in [-0.3, -0.25) is 0 Å². The van der Waals surface area contributed by atoms with Gasteiger partial charge in [0.15, 0.2) is 0 Å². The molecular formula is C12H16BrNO. The number of ketones is 1. The summed E-state index contributed by atoms with van der Waals surface area (Å²) in [6.45, 7) is 3.39.